The van der Waals surface area contributed by atoms with Crippen molar-refractivity contribution in [1.29, 1.82) is 0 Å². The topological polar surface area (TPSA) is 24.1 Å². The zero-order chi connectivity index (χ0) is 11.9. The molecule has 3 heteroatoms. The summed E-state index contributed by atoms with van der Waals surface area (Å²) < 4.78 is 0. The Labute approximate surface area is 111 Å². The van der Waals surface area contributed by atoms with Crippen LogP contribution in [0.5, 0.6) is 0 Å². The van der Waals surface area contributed by atoms with Crippen molar-refractivity contribution in [3.8, 4) is 0 Å². The molecule has 0 spiro atoms. The van der Waals surface area contributed by atoms with Gasteiger partial charge < -0.3 is 10.6 Å². The maximum atomic E-state index is 3.83. The highest BCUT2D eigenvalue weighted by Crippen LogP contribution is 2.30. The van der Waals surface area contributed by atoms with Crippen molar-refractivity contribution < 1.29 is 0 Å². The summed E-state index contributed by atoms with van der Waals surface area (Å²) in [4.78, 5) is 0. The van der Waals surface area contributed by atoms with Gasteiger partial charge >= 0.3 is 0 Å². The lowest BCUT2D eigenvalue weighted by molar-refractivity contribution is 0.215. The van der Waals surface area contributed by atoms with E-state index in [4.69, 9.17) is 0 Å². The van der Waals surface area contributed by atoms with E-state index in [1.54, 1.807) is 0 Å². The predicted octanol–water partition coefficient (Wildman–Crippen LogP) is 2.64. The fourth-order valence-corrected chi connectivity index (χ4v) is 3.91. The summed E-state index contributed by atoms with van der Waals surface area (Å²) in [7, 11) is 0. The van der Waals surface area contributed by atoms with Crippen LogP contribution >= 0.6 is 11.8 Å². The molecule has 1 saturated heterocycles. The van der Waals surface area contributed by atoms with Crippen LogP contribution in [0.25, 0.3) is 0 Å². The van der Waals surface area contributed by atoms with Crippen LogP contribution in [0.4, 0.5) is 0 Å². The Bertz CT molecular complexity index is 204. The monoisotopic (exact) mass is 256 g/mol. The fourth-order valence-electron chi connectivity index (χ4n) is 3.48. The molecular formula is C14H28N2S. The third-order valence-electron chi connectivity index (χ3n) is 4.37. The molecule has 2 N–H and O–H groups in total. The van der Waals surface area contributed by atoms with Gasteiger partial charge in [0, 0.05) is 12.1 Å². The molecule has 17 heavy (non-hydrogen) atoms. The van der Waals surface area contributed by atoms with Crippen molar-refractivity contribution in [2.24, 2.45) is 5.92 Å². The molecule has 2 rings (SSSR count). The Morgan fingerprint density at radius 3 is 2.82 bits per heavy atom. The van der Waals surface area contributed by atoms with Crippen LogP contribution in [0.2, 0.25) is 0 Å². The largest absolute Gasteiger partial charge is 0.314 e. The van der Waals surface area contributed by atoms with Gasteiger partial charge in [0.05, 0.1) is 0 Å². The normalized spacial score (nSPS) is 34.1. The average Bonchev–Trinajstić information content (AvgIpc) is 2.89. The van der Waals surface area contributed by atoms with Crippen LogP contribution < -0.4 is 10.6 Å². The SMILES string of the molecule is CSCCCNC1CCCCC1C1CCCN1. The van der Waals surface area contributed by atoms with E-state index in [0.717, 1.165) is 18.0 Å². The molecule has 2 fully saturated rings. The smallest absolute Gasteiger partial charge is 0.0111 e. The molecule has 1 aliphatic carbocycles. The zero-order valence-electron chi connectivity index (χ0n) is 11.2. The van der Waals surface area contributed by atoms with Gasteiger partial charge in [-0.05, 0) is 63.1 Å². The first-order valence-corrected chi connectivity index (χ1v) is 8.77. The molecule has 0 aromatic heterocycles. The van der Waals surface area contributed by atoms with E-state index in [2.05, 4.69) is 16.9 Å². The van der Waals surface area contributed by atoms with Crippen molar-refractivity contribution in [3.63, 3.8) is 0 Å². The molecule has 0 bridgehead atoms. The van der Waals surface area contributed by atoms with Crippen molar-refractivity contribution >= 4 is 11.8 Å². The summed E-state index contributed by atoms with van der Waals surface area (Å²) >= 11 is 1.96. The van der Waals surface area contributed by atoms with Gasteiger partial charge in [-0.25, -0.2) is 0 Å². The molecule has 2 aliphatic rings. The first-order valence-electron chi connectivity index (χ1n) is 7.37. The van der Waals surface area contributed by atoms with Crippen molar-refractivity contribution in [2.75, 3.05) is 25.1 Å². The minimum atomic E-state index is 0.793. The molecule has 3 atom stereocenters. The number of nitrogens with one attached hydrogen (secondary N) is 2. The molecule has 0 radical (unpaired) electrons. The van der Waals surface area contributed by atoms with Crippen LogP contribution in [0.1, 0.15) is 44.9 Å². The highest BCUT2D eigenvalue weighted by Gasteiger charge is 2.32. The molecule has 0 aromatic carbocycles. The second kappa shape index (κ2) is 7.65. The van der Waals surface area contributed by atoms with E-state index in [1.807, 2.05) is 11.8 Å². The van der Waals surface area contributed by atoms with Gasteiger partial charge in [-0.2, -0.15) is 11.8 Å². The number of hydrogen-bond donors (Lipinski definition) is 2. The second-order valence-corrected chi connectivity index (χ2v) is 6.54. The van der Waals surface area contributed by atoms with Crippen LogP contribution in [-0.4, -0.2) is 37.2 Å². The minimum Gasteiger partial charge on any atom is -0.314 e. The molecule has 3 unspecified atom stereocenters. The van der Waals surface area contributed by atoms with E-state index >= 15 is 0 Å². The zero-order valence-corrected chi connectivity index (χ0v) is 12.0. The lowest BCUT2D eigenvalue weighted by Gasteiger charge is -2.36. The van der Waals surface area contributed by atoms with Gasteiger partial charge in [0.25, 0.3) is 0 Å². The second-order valence-electron chi connectivity index (χ2n) is 5.56. The molecule has 100 valence electrons. The standard InChI is InChI=1S/C14H28N2S/c1-17-11-5-10-16-13-7-3-2-6-12(13)14-8-4-9-15-14/h12-16H,2-11H2,1H3. The van der Waals surface area contributed by atoms with Crippen molar-refractivity contribution in [1.82, 2.24) is 10.6 Å². The van der Waals surface area contributed by atoms with E-state index in [9.17, 15) is 0 Å². The van der Waals surface area contributed by atoms with E-state index in [0.29, 0.717) is 0 Å². The first-order chi connectivity index (χ1) is 8.42. The Morgan fingerprint density at radius 1 is 1.18 bits per heavy atom. The predicted molar refractivity (Wildman–Crippen MR) is 77.8 cm³/mol. The van der Waals surface area contributed by atoms with Crippen LogP contribution in [0.15, 0.2) is 0 Å². The molecule has 1 heterocycles. The number of hydrogen-bond acceptors (Lipinski definition) is 3. The quantitative estimate of drug-likeness (QED) is 0.715. The molecular weight excluding hydrogens is 228 g/mol. The van der Waals surface area contributed by atoms with Gasteiger partial charge in [0.1, 0.15) is 0 Å². The maximum absolute atomic E-state index is 3.83. The third-order valence-corrected chi connectivity index (χ3v) is 5.06. The lowest BCUT2D eigenvalue weighted by Crippen LogP contribution is -2.47. The highest BCUT2D eigenvalue weighted by atomic mass is 32.2. The van der Waals surface area contributed by atoms with Crippen molar-refractivity contribution in [2.45, 2.75) is 57.0 Å². The van der Waals surface area contributed by atoms with Crippen LogP contribution in [0, 0.1) is 5.92 Å². The summed E-state index contributed by atoms with van der Waals surface area (Å²) in [5, 5.41) is 7.54. The van der Waals surface area contributed by atoms with Crippen LogP contribution in [0.3, 0.4) is 0 Å². The Morgan fingerprint density at radius 2 is 2.06 bits per heavy atom. The van der Waals surface area contributed by atoms with Crippen LogP contribution in [-0.2, 0) is 0 Å². The Kier molecular flexibility index (Phi) is 6.16. The Balaban J connectivity index is 1.75. The molecule has 2 nitrogen and oxygen atoms in total. The summed E-state index contributed by atoms with van der Waals surface area (Å²) in [5.41, 5.74) is 0. The van der Waals surface area contributed by atoms with E-state index in [1.165, 1.54) is 63.8 Å². The third kappa shape index (κ3) is 4.15. The molecule has 1 saturated carbocycles. The van der Waals surface area contributed by atoms with Gasteiger partial charge in [-0.3, -0.25) is 0 Å². The summed E-state index contributed by atoms with van der Waals surface area (Å²) in [6.45, 7) is 2.47. The van der Waals surface area contributed by atoms with E-state index < -0.39 is 0 Å². The fraction of sp³-hybridized carbons (Fsp3) is 1.00. The maximum Gasteiger partial charge on any atom is 0.0111 e. The van der Waals surface area contributed by atoms with Gasteiger partial charge in [-0.15, -0.1) is 0 Å². The highest BCUT2D eigenvalue weighted by molar-refractivity contribution is 7.98. The summed E-state index contributed by atoms with van der Waals surface area (Å²) in [6, 6.07) is 1.61. The van der Waals surface area contributed by atoms with E-state index in [-0.39, 0.29) is 0 Å². The van der Waals surface area contributed by atoms with Gasteiger partial charge in [0.15, 0.2) is 0 Å². The minimum absolute atomic E-state index is 0.793. The molecule has 0 amide bonds. The summed E-state index contributed by atoms with van der Waals surface area (Å²) in [6.07, 6.45) is 12.1. The molecule has 0 aromatic rings. The number of thioether (sulfide) groups is 1. The van der Waals surface area contributed by atoms with Gasteiger partial charge in [0.2, 0.25) is 0 Å². The van der Waals surface area contributed by atoms with Crippen molar-refractivity contribution in [3.05, 3.63) is 0 Å². The summed E-state index contributed by atoms with van der Waals surface area (Å²) in [5.74, 6) is 2.20. The van der Waals surface area contributed by atoms with Gasteiger partial charge in [-0.1, -0.05) is 12.8 Å². The first kappa shape index (κ1) is 13.7. The molecule has 1 aliphatic heterocycles. The lowest BCUT2D eigenvalue weighted by atomic mass is 9.79. The average molecular weight is 256 g/mol. The Hall–Kier alpha value is 0.270. The number of rotatable bonds is 6.